The lowest BCUT2D eigenvalue weighted by Crippen LogP contribution is -2.59. The third kappa shape index (κ3) is 3.42. The van der Waals surface area contributed by atoms with Crippen LogP contribution in [0.4, 0.5) is 0 Å². The second-order valence-corrected chi connectivity index (χ2v) is 6.53. The highest BCUT2D eigenvalue weighted by Gasteiger charge is 2.46. The standard InChI is InChI=1S/C14H23N3O4/c1-13(2)8-17(9-14(21-13)4-5-19-10-14)6-11-15-12(7-18-3)20-16-11/h4-10H2,1-3H3. The molecule has 2 aliphatic rings. The highest BCUT2D eigenvalue weighted by molar-refractivity contribution is 4.98. The van der Waals surface area contributed by atoms with Gasteiger partial charge in [-0.3, -0.25) is 4.90 Å². The van der Waals surface area contributed by atoms with Gasteiger partial charge in [0.2, 0.25) is 0 Å². The quantitative estimate of drug-likeness (QED) is 0.820. The lowest BCUT2D eigenvalue weighted by molar-refractivity contribution is -0.197. The molecule has 1 spiro atoms. The average Bonchev–Trinajstić information content (AvgIpc) is 2.98. The lowest BCUT2D eigenvalue weighted by Gasteiger charge is -2.47. The summed E-state index contributed by atoms with van der Waals surface area (Å²) in [5, 5.41) is 4.01. The SMILES string of the molecule is COCc1nc(CN2CC(C)(C)OC3(CCOC3)C2)no1. The first-order chi connectivity index (χ1) is 10.0. The van der Waals surface area contributed by atoms with Crippen LogP contribution in [0.5, 0.6) is 0 Å². The summed E-state index contributed by atoms with van der Waals surface area (Å²) in [6, 6.07) is 0. The van der Waals surface area contributed by atoms with Gasteiger partial charge in [-0.2, -0.15) is 4.98 Å². The second-order valence-electron chi connectivity index (χ2n) is 6.53. The maximum atomic E-state index is 6.28. The van der Waals surface area contributed by atoms with Crippen molar-refractivity contribution >= 4 is 0 Å². The van der Waals surface area contributed by atoms with E-state index in [1.807, 2.05) is 0 Å². The van der Waals surface area contributed by atoms with Crippen molar-refractivity contribution in [2.75, 3.05) is 33.4 Å². The van der Waals surface area contributed by atoms with Crippen molar-refractivity contribution < 1.29 is 18.7 Å². The smallest absolute Gasteiger partial charge is 0.252 e. The molecule has 1 unspecified atom stereocenters. The van der Waals surface area contributed by atoms with Crippen LogP contribution in [0.1, 0.15) is 32.0 Å². The van der Waals surface area contributed by atoms with Crippen molar-refractivity contribution in [2.24, 2.45) is 0 Å². The van der Waals surface area contributed by atoms with Crippen LogP contribution in [0.3, 0.4) is 0 Å². The van der Waals surface area contributed by atoms with Crippen LogP contribution in [0.25, 0.3) is 0 Å². The molecule has 3 rings (SSSR count). The fourth-order valence-corrected chi connectivity index (χ4v) is 3.29. The Morgan fingerprint density at radius 3 is 2.90 bits per heavy atom. The zero-order valence-electron chi connectivity index (χ0n) is 12.9. The van der Waals surface area contributed by atoms with Crippen molar-refractivity contribution in [1.82, 2.24) is 15.0 Å². The largest absolute Gasteiger partial charge is 0.378 e. The molecule has 2 aliphatic heterocycles. The van der Waals surface area contributed by atoms with Gasteiger partial charge in [0, 0.05) is 33.2 Å². The summed E-state index contributed by atoms with van der Waals surface area (Å²) < 4.78 is 22.0. The Morgan fingerprint density at radius 1 is 1.33 bits per heavy atom. The highest BCUT2D eigenvalue weighted by atomic mass is 16.6. The van der Waals surface area contributed by atoms with E-state index in [-0.39, 0.29) is 11.2 Å². The third-order valence-electron chi connectivity index (χ3n) is 3.82. The van der Waals surface area contributed by atoms with E-state index in [1.165, 1.54) is 0 Å². The van der Waals surface area contributed by atoms with E-state index in [2.05, 4.69) is 28.9 Å². The van der Waals surface area contributed by atoms with Crippen molar-refractivity contribution in [3.8, 4) is 0 Å². The van der Waals surface area contributed by atoms with Crippen LogP contribution < -0.4 is 0 Å². The molecule has 0 bridgehead atoms. The molecule has 118 valence electrons. The normalized spacial score (nSPS) is 29.3. The number of morpholine rings is 1. The average molecular weight is 297 g/mol. The van der Waals surface area contributed by atoms with E-state index in [9.17, 15) is 0 Å². The number of hydrogen-bond donors (Lipinski definition) is 0. The minimum Gasteiger partial charge on any atom is -0.378 e. The summed E-state index contributed by atoms with van der Waals surface area (Å²) in [5.41, 5.74) is -0.397. The molecule has 2 saturated heterocycles. The Balaban J connectivity index is 1.68. The lowest BCUT2D eigenvalue weighted by atomic mass is 9.95. The molecule has 1 aromatic rings. The van der Waals surface area contributed by atoms with Crippen molar-refractivity contribution in [3.63, 3.8) is 0 Å². The highest BCUT2D eigenvalue weighted by Crippen LogP contribution is 2.34. The van der Waals surface area contributed by atoms with E-state index < -0.39 is 0 Å². The molecule has 7 heteroatoms. The first kappa shape index (κ1) is 14.9. The number of hydrogen-bond acceptors (Lipinski definition) is 7. The van der Waals surface area contributed by atoms with Gasteiger partial charge < -0.3 is 18.7 Å². The Labute approximate surface area is 124 Å². The molecule has 1 aromatic heterocycles. The molecular formula is C14H23N3O4. The monoisotopic (exact) mass is 297 g/mol. The molecule has 0 N–H and O–H groups in total. The predicted octanol–water partition coefficient (Wildman–Crippen LogP) is 0.986. The van der Waals surface area contributed by atoms with Gasteiger partial charge in [-0.05, 0) is 13.8 Å². The van der Waals surface area contributed by atoms with Gasteiger partial charge >= 0.3 is 0 Å². The summed E-state index contributed by atoms with van der Waals surface area (Å²) in [7, 11) is 1.61. The molecule has 0 aliphatic carbocycles. The molecule has 1 atom stereocenters. The number of methoxy groups -OCH3 is 1. The molecule has 7 nitrogen and oxygen atoms in total. The topological polar surface area (TPSA) is 69.9 Å². The third-order valence-corrected chi connectivity index (χ3v) is 3.82. The summed E-state index contributed by atoms with van der Waals surface area (Å²) >= 11 is 0. The molecular weight excluding hydrogens is 274 g/mol. The van der Waals surface area contributed by atoms with Gasteiger partial charge in [0.05, 0.1) is 18.8 Å². The first-order valence-corrected chi connectivity index (χ1v) is 7.31. The zero-order valence-corrected chi connectivity index (χ0v) is 12.9. The fraction of sp³-hybridized carbons (Fsp3) is 0.857. The summed E-state index contributed by atoms with van der Waals surface area (Å²) in [6.45, 7) is 8.34. The Bertz CT molecular complexity index is 482. The van der Waals surface area contributed by atoms with E-state index in [1.54, 1.807) is 7.11 Å². The zero-order chi connectivity index (χ0) is 14.9. The predicted molar refractivity (Wildman–Crippen MR) is 73.6 cm³/mol. The number of aromatic nitrogens is 2. The maximum Gasteiger partial charge on any atom is 0.252 e. The van der Waals surface area contributed by atoms with Crippen LogP contribution in [-0.2, 0) is 27.4 Å². The fourth-order valence-electron chi connectivity index (χ4n) is 3.29. The molecule has 0 saturated carbocycles. The second kappa shape index (κ2) is 5.64. The molecule has 21 heavy (non-hydrogen) atoms. The van der Waals surface area contributed by atoms with Gasteiger partial charge in [0.1, 0.15) is 12.2 Å². The van der Waals surface area contributed by atoms with Crippen molar-refractivity contribution in [2.45, 2.75) is 44.6 Å². The van der Waals surface area contributed by atoms with E-state index >= 15 is 0 Å². The Hall–Kier alpha value is -1.02. The number of rotatable bonds is 4. The molecule has 0 aromatic carbocycles. The van der Waals surface area contributed by atoms with Gasteiger partial charge in [-0.1, -0.05) is 5.16 Å². The van der Waals surface area contributed by atoms with E-state index in [4.69, 9.17) is 18.7 Å². The first-order valence-electron chi connectivity index (χ1n) is 7.31. The van der Waals surface area contributed by atoms with Gasteiger partial charge in [-0.15, -0.1) is 0 Å². The van der Waals surface area contributed by atoms with Gasteiger partial charge in [0.25, 0.3) is 5.89 Å². The van der Waals surface area contributed by atoms with Crippen LogP contribution in [0.2, 0.25) is 0 Å². The minimum atomic E-state index is -0.203. The summed E-state index contributed by atoms with van der Waals surface area (Å²) in [5.74, 6) is 1.20. The Morgan fingerprint density at radius 2 is 2.19 bits per heavy atom. The van der Waals surface area contributed by atoms with Gasteiger partial charge in [-0.25, -0.2) is 0 Å². The maximum absolute atomic E-state index is 6.28. The molecule has 0 amide bonds. The van der Waals surface area contributed by atoms with E-state index in [0.717, 1.165) is 26.1 Å². The van der Waals surface area contributed by atoms with Crippen LogP contribution >= 0.6 is 0 Å². The molecule has 0 radical (unpaired) electrons. The van der Waals surface area contributed by atoms with Crippen LogP contribution in [0, 0.1) is 0 Å². The van der Waals surface area contributed by atoms with Crippen molar-refractivity contribution in [3.05, 3.63) is 11.7 Å². The molecule has 3 heterocycles. The number of ether oxygens (including phenoxy) is 3. The van der Waals surface area contributed by atoms with Crippen molar-refractivity contribution in [1.29, 1.82) is 0 Å². The summed E-state index contributed by atoms with van der Waals surface area (Å²) in [4.78, 5) is 6.66. The van der Waals surface area contributed by atoms with Crippen LogP contribution in [-0.4, -0.2) is 59.7 Å². The van der Waals surface area contributed by atoms with Crippen LogP contribution in [0.15, 0.2) is 4.52 Å². The Kier molecular flexibility index (Phi) is 4.00. The summed E-state index contributed by atoms with van der Waals surface area (Å²) in [6.07, 6.45) is 0.939. The van der Waals surface area contributed by atoms with E-state index in [0.29, 0.717) is 31.5 Å². The minimum absolute atomic E-state index is 0.194. The number of nitrogens with zero attached hydrogens (tertiary/aromatic N) is 3. The van der Waals surface area contributed by atoms with Gasteiger partial charge in [0.15, 0.2) is 5.82 Å². The molecule has 2 fully saturated rings.